The Hall–Kier alpha value is -0.850. The molecule has 2 aliphatic rings. The maximum absolute atomic E-state index is 12.6. The number of rotatable bonds is 5. The molecule has 154 valence electrons. The summed E-state index contributed by atoms with van der Waals surface area (Å²) in [6.07, 6.45) is 2.64. The zero-order valence-electron chi connectivity index (χ0n) is 16.4. The number of benzene rings is 1. The summed E-state index contributed by atoms with van der Waals surface area (Å²) in [7, 11) is 0. The zero-order valence-corrected chi connectivity index (χ0v) is 18.1. The number of piperazine rings is 1. The van der Waals surface area contributed by atoms with Crippen molar-refractivity contribution in [1.82, 2.24) is 14.7 Å². The van der Waals surface area contributed by atoms with Crippen molar-refractivity contribution in [3.05, 3.63) is 35.9 Å². The molecular formula is C20H34Cl2N4O. The number of nitrogens with two attached hydrogens (primary N) is 1. The molecule has 0 bridgehead atoms. The van der Waals surface area contributed by atoms with Gasteiger partial charge in [0.2, 0.25) is 5.91 Å². The van der Waals surface area contributed by atoms with Crippen LogP contribution in [-0.2, 0) is 4.79 Å². The van der Waals surface area contributed by atoms with E-state index in [-0.39, 0.29) is 30.7 Å². The smallest absolute Gasteiger partial charge is 0.244 e. The van der Waals surface area contributed by atoms with E-state index >= 15 is 0 Å². The predicted octanol–water partition coefficient (Wildman–Crippen LogP) is 2.55. The summed E-state index contributed by atoms with van der Waals surface area (Å²) in [5.74, 6) is 0.0487. The summed E-state index contributed by atoms with van der Waals surface area (Å²) in [5, 5.41) is 0. The van der Waals surface area contributed by atoms with Crippen molar-refractivity contribution in [2.75, 3.05) is 39.3 Å². The van der Waals surface area contributed by atoms with Crippen molar-refractivity contribution in [3.8, 4) is 0 Å². The molecule has 0 spiro atoms. The van der Waals surface area contributed by atoms with Crippen LogP contribution in [0.1, 0.15) is 38.3 Å². The van der Waals surface area contributed by atoms with Crippen LogP contribution in [0.5, 0.6) is 0 Å². The Balaban J connectivity index is 0.00000182. The summed E-state index contributed by atoms with van der Waals surface area (Å²) in [5.41, 5.74) is 7.06. The highest BCUT2D eigenvalue weighted by atomic mass is 35.5. The van der Waals surface area contributed by atoms with Crippen molar-refractivity contribution < 1.29 is 4.79 Å². The molecule has 3 rings (SSSR count). The lowest BCUT2D eigenvalue weighted by Crippen LogP contribution is -2.52. The Kier molecular flexibility index (Phi) is 10.1. The molecule has 2 saturated heterocycles. The van der Waals surface area contributed by atoms with Gasteiger partial charge in [-0.1, -0.05) is 30.3 Å². The van der Waals surface area contributed by atoms with E-state index in [4.69, 9.17) is 5.73 Å². The number of amides is 1. The molecule has 7 heteroatoms. The van der Waals surface area contributed by atoms with E-state index in [1.807, 2.05) is 35.2 Å². The summed E-state index contributed by atoms with van der Waals surface area (Å²) >= 11 is 0. The van der Waals surface area contributed by atoms with Crippen LogP contribution in [0.4, 0.5) is 0 Å². The topological polar surface area (TPSA) is 52.8 Å². The predicted molar refractivity (Wildman–Crippen MR) is 116 cm³/mol. The summed E-state index contributed by atoms with van der Waals surface area (Å²) in [6, 6.07) is 10.5. The number of likely N-dealkylation sites (tertiary alicyclic amines) is 1. The second-order valence-electron chi connectivity index (χ2n) is 7.57. The molecule has 27 heavy (non-hydrogen) atoms. The van der Waals surface area contributed by atoms with E-state index < -0.39 is 6.04 Å². The highest BCUT2D eigenvalue weighted by Crippen LogP contribution is 2.23. The molecule has 5 nitrogen and oxygen atoms in total. The quantitative estimate of drug-likeness (QED) is 0.800. The van der Waals surface area contributed by atoms with Crippen molar-refractivity contribution in [1.29, 1.82) is 0 Å². The van der Waals surface area contributed by atoms with Crippen LogP contribution in [0.15, 0.2) is 30.3 Å². The first kappa shape index (κ1) is 24.2. The molecule has 0 radical (unpaired) electrons. The maximum atomic E-state index is 12.6. The zero-order chi connectivity index (χ0) is 17.8. The Morgan fingerprint density at radius 3 is 2.11 bits per heavy atom. The Bertz CT molecular complexity index is 556. The summed E-state index contributed by atoms with van der Waals surface area (Å²) < 4.78 is 0. The van der Waals surface area contributed by atoms with Crippen molar-refractivity contribution in [2.45, 2.75) is 44.8 Å². The summed E-state index contributed by atoms with van der Waals surface area (Å²) in [4.78, 5) is 19.7. The highest BCUT2D eigenvalue weighted by molar-refractivity contribution is 5.85. The van der Waals surface area contributed by atoms with Gasteiger partial charge < -0.3 is 10.6 Å². The fourth-order valence-electron chi connectivity index (χ4n) is 4.14. The molecule has 0 aliphatic carbocycles. The molecule has 2 aliphatic heterocycles. The van der Waals surface area contributed by atoms with Gasteiger partial charge in [-0.3, -0.25) is 14.6 Å². The number of halogens is 2. The van der Waals surface area contributed by atoms with Gasteiger partial charge in [0.05, 0.1) is 0 Å². The third-order valence-electron chi connectivity index (χ3n) is 5.92. The number of hydrogen-bond acceptors (Lipinski definition) is 4. The van der Waals surface area contributed by atoms with Crippen LogP contribution in [0.2, 0.25) is 0 Å². The lowest BCUT2D eigenvalue weighted by Gasteiger charge is -2.37. The van der Waals surface area contributed by atoms with Gasteiger partial charge in [-0.2, -0.15) is 0 Å². The Morgan fingerprint density at radius 2 is 1.56 bits per heavy atom. The first-order valence-electron chi connectivity index (χ1n) is 9.63. The minimum absolute atomic E-state index is 0. The molecule has 1 aromatic rings. The van der Waals surface area contributed by atoms with Gasteiger partial charge >= 0.3 is 0 Å². The Morgan fingerprint density at radius 1 is 1.00 bits per heavy atom. The van der Waals surface area contributed by atoms with Crippen LogP contribution in [-0.4, -0.2) is 72.0 Å². The minimum atomic E-state index is -0.543. The standard InChI is InChI=1S/C20H32N4O.2ClH/c1-16-8-9-17(2)24(16)15-12-22-10-13-23(14-11-22)20(25)19(21)18-6-4-3-5-7-18;;/h3-7,16-17,19H,8-15,21H2,1-2H3;2*1H. The third kappa shape index (κ3) is 6.06. The largest absolute Gasteiger partial charge is 0.338 e. The molecular weight excluding hydrogens is 383 g/mol. The molecule has 0 saturated carbocycles. The van der Waals surface area contributed by atoms with Crippen molar-refractivity contribution >= 4 is 30.7 Å². The minimum Gasteiger partial charge on any atom is -0.338 e. The average Bonchev–Trinajstić information content (AvgIpc) is 2.98. The number of carbonyl (C=O) groups excluding carboxylic acids is 1. The van der Waals surface area contributed by atoms with E-state index in [0.29, 0.717) is 12.1 Å². The molecule has 1 aromatic carbocycles. The molecule has 2 heterocycles. The number of nitrogens with zero attached hydrogens (tertiary/aromatic N) is 3. The number of carbonyl (C=O) groups is 1. The summed E-state index contributed by atoms with van der Waals surface area (Å²) in [6.45, 7) is 10.4. The van der Waals surface area contributed by atoms with E-state index in [2.05, 4.69) is 23.6 Å². The first-order chi connectivity index (χ1) is 12.1. The van der Waals surface area contributed by atoms with Crippen LogP contribution in [0.3, 0.4) is 0 Å². The average molecular weight is 417 g/mol. The lowest BCUT2D eigenvalue weighted by molar-refractivity contribution is -0.134. The van der Waals surface area contributed by atoms with Crippen molar-refractivity contribution in [3.63, 3.8) is 0 Å². The van der Waals surface area contributed by atoms with E-state index in [0.717, 1.165) is 44.8 Å². The highest BCUT2D eigenvalue weighted by Gasteiger charge is 2.29. The molecule has 2 N–H and O–H groups in total. The molecule has 0 aromatic heterocycles. The van der Waals surface area contributed by atoms with Gasteiger partial charge in [-0.05, 0) is 32.3 Å². The van der Waals surface area contributed by atoms with Gasteiger partial charge in [0.25, 0.3) is 0 Å². The third-order valence-corrected chi connectivity index (χ3v) is 5.92. The van der Waals surface area contributed by atoms with E-state index in [1.165, 1.54) is 12.8 Å². The SMILES string of the molecule is CC1CCC(C)N1CCN1CCN(C(=O)C(N)c2ccccc2)CC1.Cl.Cl. The van der Waals surface area contributed by atoms with Crippen LogP contribution >= 0.6 is 24.8 Å². The van der Waals surface area contributed by atoms with Gasteiger partial charge in [0, 0.05) is 51.4 Å². The van der Waals surface area contributed by atoms with Gasteiger partial charge in [0.1, 0.15) is 6.04 Å². The van der Waals surface area contributed by atoms with E-state index in [1.54, 1.807) is 0 Å². The maximum Gasteiger partial charge on any atom is 0.244 e. The van der Waals surface area contributed by atoms with Crippen LogP contribution in [0.25, 0.3) is 0 Å². The van der Waals surface area contributed by atoms with Crippen LogP contribution < -0.4 is 5.73 Å². The Labute approximate surface area is 176 Å². The van der Waals surface area contributed by atoms with Gasteiger partial charge in [-0.25, -0.2) is 0 Å². The fourth-order valence-corrected chi connectivity index (χ4v) is 4.14. The second-order valence-corrected chi connectivity index (χ2v) is 7.57. The monoisotopic (exact) mass is 416 g/mol. The fraction of sp³-hybridized carbons (Fsp3) is 0.650. The van der Waals surface area contributed by atoms with Crippen LogP contribution in [0, 0.1) is 0 Å². The normalized spacial score (nSPS) is 24.8. The molecule has 1 amide bonds. The number of hydrogen-bond donors (Lipinski definition) is 1. The van der Waals surface area contributed by atoms with Gasteiger partial charge in [-0.15, -0.1) is 24.8 Å². The molecule has 3 atom stereocenters. The first-order valence-corrected chi connectivity index (χ1v) is 9.63. The lowest BCUT2D eigenvalue weighted by atomic mass is 10.1. The van der Waals surface area contributed by atoms with Crippen molar-refractivity contribution in [2.24, 2.45) is 5.73 Å². The molecule has 3 unspecified atom stereocenters. The van der Waals surface area contributed by atoms with Gasteiger partial charge in [0.15, 0.2) is 0 Å². The molecule has 2 fully saturated rings. The van der Waals surface area contributed by atoms with E-state index in [9.17, 15) is 4.79 Å². The second kappa shape index (κ2) is 11.2.